The molecule has 1 N–H and O–H groups in total. The first-order chi connectivity index (χ1) is 9.63. The van der Waals surface area contributed by atoms with Crippen molar-refractivity contribution in [2.24, 2.45) is 5.92 Å². The molecule has 106 valence electrons. The van der Waals surface area contributed by atoms with Gasteiger partial charge in [0.25, 0.3) is 0 Å². The van der Waals surface area contributed by atoms with Crippen LogP contribution < -0.4 is 5.32 Å². The van der Waals surface area contributed by atoms with Gasteiger partial charge in [0.05, 0.1) is 0 Å². The number of nitrogens with zero attached hydrogens (tertiary/aromatic N) is 1. The van der Waals surface area contributed by atoms with Gasteiger partial charge in [-0.1, -0.05) is 44.2 Å². The van der Waals surface area contributed by atoms with Crippen LogP contribution in [0.15, 0.2) is 30.3 Å². The molecule has 0 bridgehead atoms. The van der Waals surface area contributed by atoms with Crippen LogP contribution in [-0.4, -0.2) is 28.8 Å². The molecule has 1 aliphatic heterocycles. The van der Waals surface area contributed by atoms with E-state index in [4.69, 9.17) is 0 Å². The third-order valence-corrected chi connectivity index (χ3v) is 4.34. The summed E-state index contributed by atoms with van der Waals surface area (Å²) in [6.07, 6.45) is 1.64. The summed E-state index contributed by atoms with van der Waals surface area (Å²) in [6.45, 7) is 4.06. The monoisotopic (exact) mass is 272 g/mol. The highest BCUT2D eigenvalue weighted by Crippen LogP contribution is 2.41. The number of hydrogen-bond donors (Lipinski definition) is 1. The largest absolute Gasteiger partial charge is 0.342 e. The van der Waals surface area contributed by atoms with Crippen LogP contribution in [-0.2, 0) is 9.59 Å². The van der Waals surface area contributed by atoms with E-state index in [2.05, 4.69) is 12.2 Å². The highest BCUT2D eigenvalue weighted by atomic mass is 16.2. The zero-order chi connectivity index (χ0) is 14.3. The third kappa shape index (κ3) is 2.09. The summed E-state index contributed by atoms with van der Waals surface area (Å²) in [5.74, 6) is 0.505. The Labute approximate surface area is 119 Å². The second-order valence-electron chi connectivity index (χ2n) is 5.81. The fraction of sp³-hybridized carbons (Fsp3) is 0.500. The van der Waals surface area contributed by atoms with Crippen molar-refractivity contribution < 1.29 is 9.59 Å². The third-order valence-electron chi connectivity index (χ3n) is 4.34. The minimum atomic E-state index is -0.471. The van der Waals surface area contributed by atoms with E-state index in [9.17, 15) is 9.59 Å². The molecule has 4 unspecified atom stereocenters. The van der Waals surface area contributed by atoms with E-state index >= 15 is 0 Å². The molecule has 4 nitrogen and oxygen atoms in total. The van der Waals surface area contributed by atoms with Gasteiger partial charge in [-0.15, -0.1) is 0 Å². The molecule has 0 aromatic heterocycles. The standard InChI is InChI=1S/C16H20N2O2/c1-3-12-16(20)18(13-9-10(13)2)14(15(19)17-12)11-7-5-4-6-8-11/h4-8,10,12-14H,3,9H2,1-2H3,(H,17,19). The van der Waals surface area contributed by atoms with Crippen molar-refractivity contribution in [3.63, 3.8) is 0 Å². The fourth-order valence-electron chi connectivity index (χ4n) is 3.01. The molecule has 0 spiro atoms. The Hall–Kier alpha value is -1.84. The second-order valence-corrected chi connectivity index (χ2v) is 5.81. The van der Waals surface area contributed by atoms with Gasteiger partial charge in [0, 0.05) is 6.04 Å². The number of nitrogens with one attached hydrogen (secondary N) is 1. The average Bonchev–Trinajstić information content (AvgIpc) is 3.18. The zero-order valence-corrected chi connectivity index (χ0v) is 11.9. The molecular formula is C16H20N2O2. The van der Waals surface area contributed by atoms with Crippen molar-refractivity contribution in [3.05, 3.63) is 35.9 Å². The SMILES string of the molecule is CCC1NC(=O)C(c2ccccc2)N(C2CC2C)C1=O. The lowest BCUT2D eigenvalue weighted by molar-refractivity contribution is -0.150. The molecule has 2 fully saturated rings. The first-order valence-electron chi connectivity index (χ1n) is 7.31. The molecular weight excluding hydrogens is 252 g/mol. The zero-order valence-electron chi connectivity index (χ0n) is 11.9. The van der Waals surface area contributed by atoms with Crippen molar-refractivity contribution in [3.8, 4) is 0 Å². The van der Waals surface area contributed by atoms with Crippen molar-refractivity contribution >= 4 is 11.8 Å². The summed E-state index contributed by atoms with van der Waals surface area (Å²) >= 11 is 0. The predicted octanol–water partition coefficient (Wildman–Crippen LogP) is 1.87. The summed E-state index contributed by atoms with van der Waals surface area (Å²) in [5.41, 5.74) is 0.895. The maximum Gasteiger partial charge on any atom is 0.248 e. The van der Waals surface area contributed by atoms with Crippen LogP contribution >= 0.6 is 0 Å². The minimum Gasteiger partial charge on any atom is -0.342 e. The fourth-order valence-corrected chi connectivity index (χ4v) is 3.01. The average molecular weight is 272 g/mol. The van der Waals surface area contributed by atoms with Crippen LogP contribution in [0.4, 0.5) is 0 Å². The number of amides is 2. The van der Waals surface area contributed by atoms with E-state index in [1.165, 1.54) is 0 Å². The molecule has 1 aromatic rings. The quantitative estimate of drug-likeness (QED) is 0.913. The molecule has 3 rings (SSSR count). The molecule has 4 heteroatoms. The van der Waals surface area contributed by atoms with E-state index < -0.39 is 6.04 Å². The van der Waals surface area contributed by atoms with E-state index in [-0.39, 0.29) is 23.9 Å². The maximum atomic E-state index is 12.6. The smallest absolute Gasteiger partial charge is 0.248 e. The van der Waals surface area contributed by atoms with Gasteiger partial charge in [-0.2, -0.15) is 0 Å². The Balaban J connectivity index is 1.97. The van der Waals surface area contributed by atoms with E-state index in [0.717, 1.165) is 12.0 Å². The molecule has 1 saturated heterocycles. The lowest BCUT2D eigenvalue weighted by Gasteiger charge is -2.39. The number of rotatable bonds is 3. The number of carbonyl (C=O) groups is 2. The van der Waals surface area contributed by atoms with Gasteiger partial charge < -0.3 is 10.2 Å². The van der Waals surface area contributed by atoms with Gasteiger partial charge >= 0.3 is 0 Å². The molecule has 20 heavy (non-hydrogen) atoms. The summed E-state index contributed by atoms with van der Waals surface area (Å²) < 4.78 is 0. The highest BCUT2D eigenvalue weighted by Gasteiger charge is 2.50. The van der Waals surface area contributed by atoms with Crippen LogP contribution in [0.1, 0.15) is 38.3 Å². The van der Waals surface area contributed by atoms with Crippen LogP contribution in [0.5, 0.6) is 0 Å². The Kier molecular flexibility index (Phi) is 3.24. The molecule has 1 aliphatic carbocycles. The summed E-state index contributed by atoms with van der Waals surface area (Å²) in [5, 5.41) is 2.86. The van der Waals surface area contributed by atoms with Crippen molar-refractivity contribution in [2.45, 2.75) is 44.8 Å². The Morgan fingerprint density at radius 3 is 2.45 bits per heavy atom. The molecule has 0 radical (unpaired) electrons. The summed E-state index contributed by atoms with van der Waals surface area (Å²) in [7, 11) is 0. The van der Waals surface area contributed by atoms with Gasteiger partial charge in [-0.3, -0.25) is 9.59 Å². The minimum absolute atomic E-state index is 0.0539. The van der Waals surface area contributed by atoms with Gasteiger partial charge in [0.2, 0.25) is 11.8 Å². The van der Waals surface area contributed by atoms with Crippen LogP contribution in [0, 0.1) is 5.92 Å². The first-order valence-corrected chi connectivity index (χ1v) is 7.31. The first kappa shape index (κ1) is 13.2. The number of hydrogen-bond acceptors (Lipinski definition) is 2. The van der Waals surface area contributed by atoms with Gasteiger partial charge in [0.15, 0.2) is 0 Å². The second kappa shape index (κ2) is 4.93. The van der Waals surface area contributed by atoms with Gasteiger partial charge in [0.1, 0.15) is 12.1 Å². The number of benzene rings is 1. The molecule has 4 atom stereocenters. The van der Waals surface area contributed by atoms with Crippen molar-refractivity contribution in [2.75, 3.05) is 0 Å². The van der Waals surface area contributed by atoms with Gasteiger partial charge in [-0.05, 0) is 24.3 Å². The van der Waals surface area contributed by atoms with Crippen LogP contribution in [0.3, 0.4) is 0 Å². The summed E-state index contributed by atoms with van der Waals surface area (Å²) in [6, 6.07) is 8.96. The lowest BCUT2D eigenvalue weighted by Crippen LogP contribution is -2.60. The molecule has 1 aromatic carbocycles. The van der Waals surface area contributed by atoms with Crippen molar-refractivity contribution in [1.82, 2.24) is 10.2 Å². The molecule has 2 aliphatic rings. The van der Waals surface area contributed by atoms with Gasteiger partial charge in [-0.25, -0.2) is 0 Å². The van der Waals surface area contributed by atoms with E-state index in [1.54, 1.807) is 0 Å². The van der Waals surface area contributed by atoms with Crippen LogP contribution in [0.25, 0.3) is 0 Å². The normalized spacial score (nSPS) is 33.0. The molecule has 1 saturated carbocycles. The molecule has 1 heterocycles. The highest BCUT2D eigenvalue weighted by molar-refractivity contribution is 5.97. The van der Waals surface area contributed by atoms with E-state index in [0.29, 0.717) is 12.3 Å². The van der Waals surface area contributed by atoms with Crippen molar-refractivity contribution in [1.29, 1.82) is 0 Å². The maximum absolute atomic E-state index is 12.6. The van der Waals surface area contributed by atoms with E-state index in [1.807, 2.05) is 42.2 Å². The number of carbonyl (C=O) groups excluding carboxylic acids is 2. The number of piperazine rings is 1. The van der Waals surface area contributed by atoms with Crippen LogP contribution in [0.2, 0.25) is 0 Å². The predicted molar refractivity (Wildman–Crippen MR) is 75.8 cm³/mol. The lowest BCUT2D eigenvalue weighted by atomic mass is 9.98. The summed E-state index contributed by atoms with van der Waals surface area (Å²) in [4.78, 5) is 26.9. The topological polar surface area (TPSA) is 49.4 Å². The Morgan fingerprint density at radius 2 is 1.90 bits per heavy atom. The molecule has 2 amide bonds. The Morgan fingerprint density at radius 1 is 1.25 bits per heavy atom. The Bertz CT molecular complexity index is 529.